The van der Waals surface area contributed by atoms with Gasteiger partial charge in [0.25, 0.3) is 5.91 Å². The zero-order chi connectivity index (χ0) is 19.2. The van der Waals surface area contributed by atoms with Gasteiger partial charge in [-0.3, -0.25) is 9.69 Å². The van der Waals surface area contributed by atoms with Gasteiger partial charge in [0, 0.05) is 20.3 Å². The molecule has 0 radical (unpaired) electrons. The van der Waals surface area contributed by atoms with Gasteiger partial charge < -0.3 is 9.47 Å². The van der Waals surface area contributed by atoms with Crippen LogP contribution in [0.25, 0.3) is 6.08 Å². The van der Waals surface area contributed by atoms with E-state index in [1.807, 2.05) is 5.38 Å². The van der Waals surface area contributed by atoms with Crippen LogP contribution in [0.4, 0.5) is 0 Å². The van der Waals surface area contributed by atoms with E-state index in [2.05, 4.69) is 0 Å². The fourth-order valence-electron chi connectivity index (χ4n) is 2.40. The minimum atomic E-state index is -0.380. The monoisotopic (exact) mass is 419 g/mol. The molecule has 0 unspecified atom stereocenters. The Labute approximate surface area is 171 Å². The molecule has 0 aliphatic carbocycles. The second-order valence-corrected chi connectivity index (χ2v) is 8.24. The van der Waals surface area contributed by atoms with Gasteiger partial charge in [-0.2, -0.15) is 0 Å². The van der Waals surface area contributed by atoms with Crippen molar-refractivity contribution in [2.24, 2.45) is 0 Å². The molecular formula is C19H17NO4S3. The molecule has 0 atom stereocenters. The van der Waals surface area contributed by atoms with Crippen LogP contribution in [0.5, 0.6) is 5.75 Å². The van der Waals surface area contributed by atoms with Crippen LogP contribution in [-0.4, -0.2) is 41.4 Å². The summed E-state index contributed by atoms with van der Waals surface area (Å²) in [5.41, 5.74) is 0.836. The van der Waals surface area contributed by atoms with Gasteiger partial charge in [-0.15, -0.1) is 11.3 Å². The van der Waals surface area contributed by atoms with Gasteiger partial charge in [-0.1, -0.05) is 42.2 Å². The number of hydrogen-bond acceptors (Lipinski definition) is 7. The highest BCUT2D eigenvalue weighted by molar-refractivity contribution is 8.26. The summed E-state index contributed by atoms with van der Waals surface area (Å²) < 4.78 is 10.9. The molecule has 2 aromatic rings. The lowest BCUT2D eigenvalue weighted by atomic mass is 10.2. The molecule has 27 heavy (non-hydrogen) atoms. The summed E-state index contributed by atoms with van der Waals surface area (Å²) in [4.78, 5) is 27.2. The molecule has 1 aliphatic rings. The van der Waals surface area contributed by atoms with Gasteiger partial charge in [-0.25, -0.2) is 4.79 Å². The molecule has 0 saturated carbocycles. The standard InChI is InChI=1S/C19H17NO4S3/c1-23-10-3-9-20-17(21)16(27-19(20)25)12-13-5-7-14(8-6-13)24-18(22)15-4-2-11-26-15/h2,4-8,11-12H,3,9-10H2,1H3/b16-12-. The van der Waals surface area contributed by atoms with E-state index >= 15 is 0 Å². The van der Waals surface area contributed by atoms with Gasteiger partial charge in [0.1, 0.15) is 14.9 Å². The number of nitrogens with zero attached hydrogens (tertiary/aromatic N) is 1. The highest BCUT2D eigenvalue weighted by Gasteiger charge is 2.31. The minimum absolute atomic E-state index is 0.0886. The number of benzene rings is 1. The molecule has 0 N–H and O–H groups in total. The number of hydrogen-bond donors (Lipinski definition) is 0. The Kier molecular flexibility index (Phi) is 6.78. The fraction of sp³-hybridized carbons (Fsp3) is 0.211. The normalized spacial score (nSPS) is 15.6. The molecule has 0 bridgehead atoms. The second kappa shape index (κ2) is 9.27. The number of amides is 1. The Balaban J connectivity index is 1.64. The summed E-state index contributed by atoms with van der Waals surface area (Å²) in [6.45, 7) is 1.13. The SMILES string of the molecule is COCCCN1C(=O)/C(=C/c2ccc(OC(=O)c3cccs3)cc2)SC1=S. The van der Waals surface area contributed by atoms with E-state index in [0.717, 1.165) is 12.0 Å². The zero-order valence-corrected chi connectivity index (χ0v) is 17.0. The molecule has 0 spiro atoms. The Bertz CT molecular complexity index is 860. The van der Waals surface area contributed by atoms with Crippen LogP contribution in [-0.2, 0) is 9.53 Å². The summed E-state index contributed by atoms with van der Waals surface area (Å²) in [6, 6.07) is 10.5. The highest BCUT2D eigenvalue weighted by atomic mass is 32.2. The number of thiophene rings is 1. The average Bonchev–Trinajstić information content (AvgIpc) is 3.28. The van der Waals surface area contributed by atoms with Gasteiger partial charge in [0.15, 0.2) is 0 Å². The number of thiocarbonyl (C=S) groups is 1. The summed E-state index contributed by atoms with van der Waals surface area (Å²) in [7, 11) is 1.63. The summed E-state index contributed by atoms with van der Waals surface area (Å²) in [6.07, 6.45) is 2.53. The number of thioether (sulfide) groups is 1. The maximum absolute atomic E-state index is 12.5. The van der Waals surface area contributed by atoms with E-state index in [4.69, 9.17) is 21.7 Å². The Morgan fingerprint density at radius 1 is 1.26 bits per heavy atom. The lowest BCUT2D eigenvalue weighted by molar-refractivity contribution is -0.122. The quantitative estimate of drug-likeness (QED) is 0.220. The van der Waals surface area contributed by atoms with Crippen LogP contribution in [0.3, 0.4) is 0 Å². The van der Waals surface area contributed by atoms with Crippen molar-refractivity contribution in [2.75, 3.05) is 20.3 Å². The Morgan fingerprint density at radius 2 is 2.04 bits per heavy atom. The van der Waals surface area contributed by atoms with Crippen molar-refractivity contribution >= 4 is 57.6 Å². The maximum Gasteiger partial charge on any atom is 0.353 e. The zero-order valence-electron chi connectivity index (χ0n) is 14.5. The number of esters is 1. The van der Waals surface area contributed by atoms with E-state index in [9.17, 15) is 9.59 Å². The topological polar surface area (TPSA) is 55.8 Å². The first-order valence-corrected chi connectivity index (χ1v) is 10.3. The summed E-state index contributed by atoms with van der Waals surface area (Å²) in [5, 5.41) is 1.82. The third-order valence-electron chi connectivity index (χ3n) is 3.71. The van der Waals surface area contributed by atoms with E-state index in [-0.39, 0.29) is 11.9 Å². The molecule has 1 aliphatic heterocycles. The van der Waals surface area contributed by atoms with Gasteiger partial charge in [-0.05, 0) is 41.6 Å². The van der Waals surface area contributed by atoms with Gasteiger partial charge in [0.05, 0.1) is 4.91 Å². The van der Waals surface area contributed by atoms with Gasteiger partial charge in [0.2, 0.25) is 0 Å². The van der Waals surface area contributed by atoms with Crippen molar-refractivity contribution in [2.45, 2.75) is 6.42 Å². The largest absolute Gasteiger partial charge is 0.422 e. The van der Waals surface area contributed by atoms with Crippen LogP contribution in [0.1, 0.15) is 21.7 Å². The van der Waals surface area contributed by atoms with Crippen molar-refractivity contribution in [3.63, 3.8) is 0 Å². The average molecular weight is 420 g/mol. The third-order valence-corrected chi connectivity index (χ3v) is 5.94. The van der Waals surface area contributed by atoms with E-state index in [1.165, 1.54) is 23.1 Å². The number of ether oxygens (including phenoxy) is 2. The van der Waals surface area contributed by atoms with Crippen molar-refractivity contribution < 1.29 is 19.1 Å². The Morgan fingerprint density at radius 3 is 2.70 bits per heavy atom. The predicted octanol–water partition coefficient (Wildman–Crippen LogP) is 4.21. The molecule has 140 valence electrons. The minimum Gasteiger partial charge on any atom is -0.422 e. The van der Waals surface area contributed by atoms with Crippen molar-refractivity contribution in [3.05, 3.63) is 57.1 Å². The Hall–Kier alpha value is -2.00. The third kappa shape index (κ3) is 5.04. The van der Waals surface area contributed by atoms with Crippen molar-refractivity contribution in [1.29, 1.82) is 0 Å². The van der Waals surface area contributed by atoms with Crippen LogP contribution < -0.4 is 4.74 Å². The van der Waals surface area contributed by atoms with E-state index in [0.29, 0.717) is 33.0 Å². The number of carbonyl (C=O) groups is 2. The first-order valence-electron chi connectivity index (χ1n) is 8.18. The van der Waals surface area contributed by atoms with Gasteiger partial charge >= 0.3 is 5.97 Å². The molecule has 8 heteroatoms. The predicted molar refractivity (Wildman–Crippen MR) is 112 cm³/mol. The molecule has 1 fully saturated rings. The molecule has 1 amide bonds. The smallest absolute Gasteiger partial charge is 0.353 e. The molecule has 1 aromatic carbocycles. The summed E-state index contributed by atoms with van der Waals surface area (Å²) in [5.74, 6) is -0.0124. The molecular weight excluding hydrogens is 402 g/mol. The molecule has 2 heterocycles. The van der Waals surface area contributed by atoms with Crippen LogP contribution in [0, 0.1) is 0 Å². The van der Waals surface area contributed by atoms with Crippen molar-refractivity contribution in [1.82, 2.24) is 4.90 Å². The fourth-order valence-corrected chi connectivity index (χ4v) is 4.30. The van der Waals surface area contributed by atoms with E-state index < -0.39 is 0 Å². The lowest BCUT2D eigenvalue weighted by Crippen LogP contribution is -2.29. The summed E-state index contributed by atoms with van der Waals surface area (Å²) >= 11 is 7.92. The number of carbonyl (C=O) groups excluding carboxylic acids is 2. The highest BCUT2D eigenvalue weighted by Crippen LogP contribution is 2.32. The lowest BCUT2D eigenvalue weighted by Gasteiger charge is -2.13. The number of rotatable bonds is 7. The van der Waals surface area contributed by atoms with Crippen LogP contribution in [0.15, 0.2) is 46.7 Å². The molecule has 1 aromatic heterocycles. The molecule has 3 rings (SSSR count). The van der Waals surface area contributed by atoms with Crippen molar-refractivity contribution in [3.8, 4) is 5.75 Å². The first-order chi connectivity index (χ1) is 13.1. The second-order valence-electron chi connectivity index (χ2n) is 5.62. The molecule has 1 saturated heterocycles. The van der Waals surface area contributed by atoms with Crippen LogP contribution >= 0.6 is 35.3 Å². The van der Waals surface area contributed by atoms with E-state index in [1.54, 1.807) is 54.5 Å². The van der Waals surface area contributed by atoms with Crippen LogP contribution in [0.2, 0.25) is 0 Å². The maximum atomic E-state index is 12.5. The number of methoxy groups -OCH3 is 1. The first kappa shape index (κ1) is 19.8. The molecule has 5 nitrogen and oxygen atoms in total.